The Hall–Kier alpha value is -1.64. The minimum absolute atomic E-state index is 0.244. The van der Waals surface area contributed by atoms with Crippen molar-refractivity contribution in [3.05, 3.63) is 28.2 Å². The van der Waals surface area contributed by atoms with Crippen LogP contribution >= 0.6 is 22.9 Å². The lowest BCUT2D eigenvalue weighted by Crippen LogP contribution is -2.14. The zero-order chi connectivity index (χ0) is 13.1. The van der Waals surface area contributed by atoms with Crippen LogP contribution in [-0.2, 0) is 9.53 Å². The molecule has 0 N–H and O–H groups in total. The van der Waals surface area contributed by atoms with Gasteiger partial charge in [0.05, 0.1) is 22.9 Å². The van der Waals surface area contributed by atoms with Crippen LogP contribution in [0.25, 0.3) is 10.2 Å². The fourth-order valence-corrected chi connectivity index (χ4v) is 2.75. The zero-order valence-electron chi connectivity index (χ0n) is 9.51. The molecule has 18 heavy (non-hydrogen) atoms. The van der Waals surface area contributed by atoms with Gasteiger partial charge >= 0.3 is 5.97 Å². The highest BCUT2D eigenvalue weighted by Crippen LogP contribution is 2.29. The van der Waals surface area contributed by atoms with Gasteiger partial charge in [-0.3, -0.25) is 4.79 Å². The average Bonchev–Trinajstić information content (AvgIpc) is 2.72. The lowest BCUT2D eigenvalue weighted by molar-refractivity contribution is -0.143. The number of thiazole rings is 1. The number of ether oxygens (including phenoxy) is 1. The number of hydrogen-bond acceptors (Lipinski definition) is 5. The Morgan fingerprint density at radius 1 is 1.67 bits per heavy atom. The van der Waals surface area contributed by atoms with Crippen molar-refractivity contribution < 1.29 is 9.53 Å². The molecule has 0 aliphatic rings. The van der Waals surface area contributed by atoms with E-state index in [0.717, 1.165) is 10.2 Å². The van der Waals surface area contributed by atoms with Gasteiger partial charge in [0.2, 0.25) is 0 Å². The predicted octanol–water partition coefficient (Wildman–Crippen LogP) is 3.12. The third-order valence-corrected chi connectivity index (χ3v) is 3.58. The molecule has 1 unspecified atom stereocenters. The van der Waals surface area contributed by atoms with E-state index in [4.69, 9.17) is 21.6 Å². The van der Waals surface area contributed by atoms with Gasteiger partial charge < -0.3 is 4.74 Å². The van der Waals surface area contributed by atoms with Crippen LogP contribution in [0, 0.1) is 11.3 Å². The number of carbonyl (C=O) groups excluding carboxylic acids is 1. The summed E-state index contributed by atoms with van der Waals surface area (Å²) in [5.41, 5.74) is 0.726. The third kappa shape index (κ3) is 2.45. The summed E-state index contributed by atoms with van der Waals surface area (Å²) < 4.78 is 5.70. The summed E-state index contributed by atoms with van der Waals surface area (Å²) in [4.78, 5) is 15.9. The first-order chi connectivity index (χ1) is 8.65. The molecule has 92 valence electrons. The zero-order valence-corrected chi connectivity index (χ0v) is 11.1. The molecular formula is C12H9ClN2O2S. The predicted molar refractivity (Wildman–Crippen MR) is 69.6 cm³/mol. The number of rotatable bonds is 3. The molecule has 1 aromatic heterocycles. The Morgan fingerprint density at radius 3 is 3.11 bits per heavy atom. The average molecular weight is 281 g/mol. The van der Waals surface area contributed by atoms with E-state index in [9.17, 15) is 4.79 Å². The van der Waals surface area contributed by atoms with Gasteiger partial charge in [-0.15, -0.1) is 11.3 Å². The first-order valence-corrected chi connectivity index (χ1v) is 6.47. The second kappa shape index (κ2) is 5.34. The fourth-order valence-electron chi connectivity index (χ4n) is 1.47. The summed E-state index contributed by atoms with van der Waals surface area (Å²) in [6.07, 6.45) is 0. The van der Waals surface area contributed by atoms with Crippen LogP contribution in [0.4, 0.5) is 0 Å². The molecule has 0 aliphatic carbocycles. The molecular weight excluding hydrogens is 272 g/mol. The van der Waals surface area contributed by atoms with Gasteiger partial charge in [-0.05, 0) is 25.1 Å². The maximum absolute atomic E-state index is 11.6. The van der Waals surface area contributed by atoms with Crippen molar-refractivity contribution in [3.63, 3.8) is 0 Å². The van der Waals surface area contributed by atoms with Gasteiger partial charge in [0.1, 0.15) is 5.01 Å². The maximum atomic E-state index is 11.6. The number of aromatic nitrogens is 1. The van der Waals surface area contributed by atoms with Crippen molar-refractivity contribution in [1.82, 2.24) is 4.98 Å². The third-order valence-electron chi connectivity index (χ3n) is 2.27. The SMILES string of the molecule is CCOC(=O)C(C#N)c1nc2ccc(Cl)cc2s1. The van der Waals surface area contributed by atoms with Gasteiger partial charge in [-0.1, -0.05) is 11.6 Å². The fraction of sp³-hybridized carbons (Fsp3) is 0.250. The molecule has 0 aliphatic heterocycles. The Bertz CT molecular complexity index is 633. The van der Waals surface area contributed by atoms with Gasteiger partial charge in [-0.25, -0.2) is 4.98 Å². The number of esters is 1. The molecule has 6 heteroatoms. The smallest absolute Gasteiger partial charge is 0.330 e. The monoisotopic (exact) mass is 280 g/mol. The van der Waals surface area contributed by atoms with Gasteiger partial charge in [0.25, 0.3) is 0 Å². The molecule has 0 saturated carbocycles. The maximum Gasteiger partial charge on any atom is 0.330 e. The number of benzene rings is 1. The summed E-state index contributed by atoms with van der Waals surface area (Å²) in [6.45, 7) is 1.94. The topological polar surface area (TPSA) is 63.0 Å². The van der Waals surface area contributed by atoms with E-state index in [1.807, 2.05) is 6.07 Å². The second-order valence-corrected chi connectivity index (χ2v) is 4.98. The van der Waals surface area contributed by atoms with E-state index < -0.39 is 11.9 Å². The van der Waals surface area contributed by atoms with E-state index in [-0.39, 0.29) is 6.61 Å². The van der Waals surface area contributed by atoms with Crippen LogP contribution in [-0.4, -0.2) is 17.6 Å². The van der Waals surface area contributed by atoms with Crippen LogP contribution < -0.4 is 0 Å². The van der Waals surface area contributed by atoms with Crippen molar-refractivity contribution in [1.29, 1.82) is 5.26 Å². The Balaban J connectivity index is 2.40. The molecule has 2 aromatic rings. The molecule has 0 fully saturated rings. The molecule has 1 aromatic carbocycles. The number of hydrogen-bond donors (Lipinski definition) is 0. The number of nitrogens with zero attached hydrogens (tertiary/aromatic N) is 2. The Kier molecular flexibility index (Phi) is 3.80. The summed E-state index contributed by atoms with van der Waals surface area (Å²) in [5.74, 6) is -1.54. The Labute approximate surface area is 113 Å². The van der Waals surface area contributed by atoms with E-state index in [2.05, 4.69) is 4.98 Å². The summed E-state index contributed by atoms with van der Waals surface area (Å²) in [6, 6.07) is 7.16. The molecule has 0 spiro atoms. The molecule has 1 atom stereocenters. The Morgan fingerprint density at radius 2 is 2.44 bits per heavy atom. The standard InChI is InChI=1S/C12H9ClN2O2S/c1-2-17-12(16)8(6-14)11-15-9-4-3-7(13)5-10(9)18-11/h3-5,8H,2H2,1H3. The summed E-state index contributed by atoms with van der Waals surface area (Å²) >= 11 is 7.16. The molecule has 1 heterocycles. The molecule has 0 amide bonds. The quantitative estimate of drug-likeness (QED) is 0.811. The molecule has 2 rings (SSSR count). The van der Waals surface area contributed by atoms with Crippen molar-refractivity contribution in [2.24, 2.45) is 0 Å². The van der Waals surface area contributed by atoms with E-state index in [1.54, 1.807) is 25.1 Å². The van der Waals surface area contributed by atoms with Gasteiger partial charge in [-0.2, -0.15) is 5.26 Å². The van der Waals surface area contributed by atoms with Crippen LogP contribution in [0.3, 0.4) is 0 Å². The largest absolute Gasteiger partial charge is 0.465 e. The minimum atomic E-state index is -0.971. The van der Waals surface area contributed by atoms with Crippen molar-refractivity contribution in [2.75, 3.05) is 6.61 Å². The second-order valence-electron chi connectivity index (χ2n) is 3.48. The number of carbonyl (C=O) groups is 1. The molecule has 0 saturated heterocycles. The van der Waals surface area contributed by atoms with Crippen LogP contribution in [0.15, 0.2) is 18.2 Å². The number of halogens is 1. The number of nitriles is 1. The summed E-state index contributed by atoms with van der Waals surface area (Å²) in [7, 11) is 0. The van der Waals surface area contributed by atoms with Gasteiger partial charge in [0.15, 0.2) is 5.92 Å². The molecule has 0 bridgehead atoms. The van der Waals surface area contributed by atoms with E-state index in [0.29, 0.717) is 10.0 Å². The first-order valence-electron chi connectivity index (χ1n) is 5.28. The highest BCUT2D eigenvalue weighted by Gasteiger charge is 2.25. The first kappa shape index (κ1) is 12.8. The lowest BCUT2D eigenvalue weighted by atomic mass is 10.2. The lowest BCUT2D eigenvalue weighted by Gasteiger charge is -2.04. The normalized spacial score (nSPS) is 12.1. The molecule has 0 radical (unpaired) electrons. The van der Waals surface area contributed by atoms with Crippen molar-refractivity contribution >= 4 is 39.1 Å². The van der Waals surface area contributed by atoms with E-state index in [1.165, 1.54) is 11.3 Å². The van der Waals surface area contributed by atoms with E-state index >= 15 is 0 Å². The van der Waals surface area contributed by atoms with Crippen molar-refractivity contribution in [2.45, 2.75) is 12.8 Å². The van der Waals surface area contributed by atoms with Gasteiger partial charge in [0, 0.05) is 5.02 Å². The minimum Gasteiger partial charge on any atom is -0.465 e. The highest BCUT2D eigenvalue weighted by atomic mass is 35.5. The number of fused-ring (bicyclic) bond motifs is 1. The van der Waals surface area contributed by atoms with Crippen molar-refractivity contribution in [3.8, 4) is 6.07 Å². The highest BCUT2D eigenvalue weighted by molar-refractivity contribution is 7.18. The molecule has 4 nitrogen and oxygen atoms in total. The van der Waals surface area contributed by atoms with Crippen LogP contribution in [0.1, 0.15) is 17.8 Å². The van der Waals surface area contributed by atoms with Crippen LogP contribution in [0.5, 0.6) is 0 Å². The van der Waals surface area contributed by atoms with Crippen LogP contribution in [0.2, 0.25) is 5.02 Å². The summed E-state index contributed by atoms with van der Waals surface area (Å²) in [5, 5.41) is 10.1.